The van der Waals surface area contributed by atoms with Gasteiger partial charge < -0.3 is 19.5 Å². The van der Waals surface area contributed by atoms with Crippen LogP contribution in [0.25, 0.3) is 0 Å². The van der Waals surface area contributed by atoms with Crippen LogP contribution in [0.1, 0.15) is 39.2 Å². The van der Waals surface area contributed by atoms with E-state index < -0.39 is 29.5 Å². The van der Waals surface area contributed by atoms with Crippen LogP contribution in [0.4, 0.5) is 0 Å². The summed E-state index contributed by atoms with van der Waals surface area (Å²) < 4.78 is 16.7. The first-order valence-electron chi connectivity index (χ1n) is 8.74. The molecule has 8 heteroatoms. The predicted molar refractivity (Wildman–Crippen MR) is 101 cm³/mol. The highest BCUT2D eigenvalue weighted by atomic mass is 35.5. The Balaban J connectivity index is 2.27. The summed E-state index contributed by atoms with van der Waals surface area (Å²) in [6, 6.07) is 3.23. The normalized spacial score (nSPS) is 25.9. The first-order valence-corrected chi connectivity index (χ1v) is 9.49. The SMILES string of the molecule is CCOC(=O)C1=C(C)NC2(C)Oc3c(Cl)cc(Cl)cc3C1C2C(=O)OCC. The van der Waals surface area contributed by atoms with Gasteiger partial charge in [-0.25, -0.2) is 4.79 Å². The molecule has 2 aliphatic heterocycles. The molecule has 27 heavy (non-hydrogen) atoms. The number of halogens is 2. The molecule has 0 aliphatic carbocycles. The number of nitrogens with one attached hydrogen (secondary N) is 1. The van der Waals surface area contributed by atoms with Crippen molar-refractivity contribution in [3.05, 3.63) is 39.0 Å². The Morgan fingerprint density at radius 1 is 1.22 bits per heavy atom. The number of carbonyl (C=O) groups excluding carboxylic acids is 2. The average molecular weight is 414 g/mol. The zero-order valence-corrected chi connectivity index (χ0v) is 17.0. The highest BCUT2D eigenvalue weighted by Crippen LogP contribution is 2.54. The maximum Gasteiger partial charge on any atom is 0.336 e. The van der Waals surface area contributed by atoms with Crippen LogP contribution >= 0.6 is 23.2 Å². The Kier molecular flexibility index (Phi) is 5.32. The maximum absolute atomic E-state index is 12.8. The van der Waals surface area contributed by atoms with Crippen LogP contribution in [0, 0.1) is 5.92 Å². The lowest BCUT2D eigenvalue weighted by Gasteiger charge is -2.50. The smallest absolute Gasteiger partial charge is 0.336 e. The molecule has 0 radical (unpaired) electrons. The molecule has 0 aromatic heterocycles. The Morgan fingerprint density at radius 2 is 1.89 bits per heavy atom. The first-order chi connectivity index (χ1) is 12.7. The molecule has 2 bridgehead atoms. The van der Waals surface area contributed by atoms with Gasteiger partial charge in [-0.1, -0.05) is 23.2 Å². The van der Waals surface area contributed by atoms with Crippen molar-refractivity contribution in [3.63, 3.8) is 0 Å². The van der Waals surface area contributed by atoms with Crippen molar-refractivity contribution in [2.45, 2.75) is 39.3 Å². The molecule has 3 unspecified atom stereocenters. The molecule has 3 rings (SSSR count). The Hall–Kier alpha value is -1.92. The number of ether oxygens (including phenoxy) is 3. The third-order valence-electron chi connectivity index (χ3n) is 4.80. The van der Waals surface area contributed by atoms with Crippen LogP contribution in [0.2, 0.25) is 10.0 Å². The van der Waals surface area contributed by atoms with E-state index in [-0.39, 0.29) is 13.2 Å². The van der Waals surface area contributed by atoms with Crippen molar-refractivity contribution in [1.82, 2.24) is 5.32 Å². The van der Waals surface area contributed by atoms with Crippen LogP contribution in [0.3, 0.4) is 0 Å². The fourth-order valence-corrected chi connectivity index (χ4v) is 4.42. The van der Waals surface area contributed by atoms with Gasteiger partial charge in [-0.3, -0.25) is 4.79 Å². The summed E-state index contributed by atoms with van der Waals surface area (Å²) in [6.45, 7) is 7.35. The summed E-state index contributed by atoms with van der Waals surface area (Å²) in [6.07, 6.45) is 0. The number of rotatable bonds is 4. The average Bonchev–Trinajstić information content (AvgIpc) is 2.55. The molecular weight excluding hydrogens is 393 g/mol. The molecular formula is C19H21Cl2NO5. The Labute approximate surface area is 167 Å². The first kappa shape index (κ1) is 19.8. The fraction of sp³-hybridized carbons (Fsp3) is 0.474. The van der Waals surface area contributed by atoms with Crippen LogP contribution in [-0.2, 0) is 19.1 Å². The zero-order valence-electron chi connectivity index (χ0n) is 15.5. The minimum Gasteiger partial charge on any atom is -0.466 e. The quantitative estimate of drug-likeness (QED) is 0.756. The number of hydrogen-bond acceptors (Lipinski definition) is 6. The van der Waals surface area contributed by atoms with Crippen molar-refractivity contribution >= 4 is 35.1 Å². The van der Waals surface area contributed by atoms with Crippen molar-refractivity contribution < 1.29 is 23.8 Å². The largest absolute Gasteiger partial charge is 0.466 e. The van der Waals surface area contributed by atoms with E-state index >= 15 is 0 Å². The van der Waals surface area contributed by atoms with E-state index in [1.54, 1.807) is 39.8 Å². The van der Waals surface area contributed by atoms with Crippen LogP contribution in [0.15, 0.2) is 23.4 Å². The molecule has 0 saturated heterocycles. The van der Waals surface area contributed by atoms with E-state index in [0.29, 0.717) is 32.6 Å². The predicted octanol–water partition coefficient (Wildman–Crippen LogP) is 3.81. The minimum absolute atomic E-state index is 0.207. The molecule has 1 aromatic rings. The van der Waals surface area contributed by atoms with Crippen molar-refractivity contribution in [2.75, 3.05) is 13.2 Å². The molecule has 146 valence electrons. The van der Waals surface area contributed by atoms with Gasteiger partial charge in [0.2, 0.25) is 0 Å². The molecule has 0 fully saturated rings. The summed E-state index contributed by atoms with van der Waals surface area (Å²) in [5.41, 5.74) is 0.340. The molecule has 6 nitrogen and oxygen atoms in total. The second kappa shape index (κ2) is 7.24. The van der Waals surface area contributed by atoms with Gasteiger partial charge in [-0.15, -0.1) is 0 Å². The third-order valence-corrected chi connectivity index (χ3v) is 5.30. The van der Waals surface area contributed by atoms with E-state index in [4.69, 9.17) is 37.4 Å². The molecule has 2 aliphatic rings. The second-order valence-corrected chi connectivity index (χ2v) is 7.45. The van der Waals surface area contributed by atoms with E-state index in [0.717, 1.165) is 0 Å². The molecule has 3 atom stereocenters. The molecule has 0 spiro atoms. The van der Waals surface area contributed by atoms with Gasteiger partial charge in [0.25, 0.3) is 0 Å². The van der Waals surface area contributed by atoms with Crippen molar-refractivity contribution in [2.24, 2.45) is 5.92 Å². The van der Waals surface area contributed by atoms with Crippen LogP contribution in [-0.4, -0.2) is 30.9 Å². The number of hydrogen-bond donors (Lipinski definition) is 1. The second-order valence-electron chi connectivity index (χ2n) is 6.61. The number of allylic oxidation sites excluding steroid dienone is 1. The lowest BCUT2D eigenvalue weighted by atomic mass is 9.70. The fourth-order valence-electron chi connectivity index (χ4n) is 3.87. The maximum atomic E-state index is 12.8. The lowest BCUT2D eigenvalue weighted by Crippen LogP contribution is -2.63. The summed E-state index contributed by atoms with van der Waals surface area (Å²) >= 11 is 12.6. The highest BCUT2D eigenvalue weighted by molar-refractivity contribution is 6.35. The van der Waals surface area contributed by atoms with Gasteiger partial charge in [0.15, 0.2) is 5.72 Å². The molecule has 1 N–H and O–H groups in total. The topological polar surface area (TPSA) is 73.9 Å². The summed E-state index contributed by atoms with van der Waals surface area (Å²) in [5.74, 6) is -2.07. The van der Waals surface area contributed by atoms with E-state index in [9.17, 15) is 9.59 Å². The number of carbonyl (C=O) groups is 2. The van der Waals surface area contributed by atoms with Crippen molar-refractivity contribution in [1.29, 1.82) is 0 Å². The highest BCUT2D eigenvalue weighted by Gasteiger charge is 2.58. The van der Waals surface area contributed by atoms with Gasteiger partial charge in [0.1, 0.15) is 11.7 Å². The van der Waals surface area contributed by atoms with Crippen LogP contribution in [0.5, 0.6) is 5.75 Å². The van der Waals surface area contributed by atoms with E-state index in [2.05, 4.69) is 5.32 Å². The zero-order chi connectivity index (χ0) is 19.9. The molecule has 0 amide bonds. The van der Waals surface area contributed by atoms with Gasteiger partial charge in [-0.2, -0.15) is 0 Å². The molecule has 1 aromatic carbocycles. The van der Waals surface area contributed by atoms with E-state index in [1.165, 1.54) is 0 Å². The van der Waals surface area contributed by atoms with Gasteiger partial charge in [0.05, 0.1) is 23.8 Å². The minimum atomic E-state index is -1.14. The standard InChI is InChI=1S/C19H21Cl2NO5/c1-5-25-17(23)13-9(3)22-19(4)15(18(24)26-6-2)14(13)11-7-10(20)8-12(21)16(11)27-19/h7-8,14-15,22H,5-6H2,1-4H3. The van der Waals surface area contributed by atoms with Gasteiger partial charge in [0, 0.05) is 22.2 Å². The van der Waals surface area contributed by atoms with Crippen LogP contribution < -0.4 is 10.1 Å². The van der Waals surface area contributed by atoms with Gasteiger partial charge in [-0.05, 0) is 39.8 Å². The molecule has 0 saturated carbocycles. The number of fused-ring (bicyclic) bond motifs is 4. The van der Waals surface area contributed by atoms with E-state index in [1.807, 2.05) is 0 Å². The van der Waals surface area contributed by atoms with Crippen molar-refractivity contribution in [3.8, 4) is 5.75 Å². The third kappa shape index (κ3) is 3.25. The monoisotopic (exact) mass is 413 g/mol. The Morgan fingerprint density at radius 3 is 2.52 bits per heavy atom. The molecule has 2 heterocycles. The van der Waals surface area contributed by atoms with Gasteiger partial charge >= 0.3 is 11.9 Å². The summed E-state index contributed by atoms with van der Waals surface area (Å²) in [7, 11) is 0. The lowest BCUT2D eigenvalue weighted by molar-refractivity contribution is -0.161. The summed E-state index contributed by atoms with van der Waals surface area (Å²) in [5, 5.41) is 3.84. The number of esters is 2. The number of benzene rings is 1. The summed E-state index contributed by atoms with van der Waals surface area (Å²) in [4.78, 5) is 25.6. The Bertz CT molecular complexity index is 838.